The Kier molecular flexibility index (Phi) is 5.14. The first-order chi connectivity index (χ1) is 13.2. The lowest BCUT2D eigenvalue weighted by atomic mass is 9.89. The Bertz CT molecular complexity index is 998. The first-order valence-corrected chi connectivity index (χ1v) is 9.11. The molecule has 0 saturated heterocycles. The number of aromatic nitrogens is 2. The number of nitrogens with two attached hydrogens (primary N) is 1. The van der Waals surface area contributed by atoms with Crippen molar-refractivity contribution in [2.75, 3.05) is 18.2 Å². The summed E-state index contributed by atoms with van der Waals surface area (Å²) in [5, 5.41) is 7.61. The van der Waals surface area contributed by atoms with Gasteiger partial charge in [0, 0.05) is 17.3 Å². The smallest absolute Gasteiger partial charge is 0.259 e. The van der Waals surface area contributed by atoms with Gasteiger partial charge in [-0.05, 0) is 37.3 Å². The number of rotatable bonds is 4. The molecule has 0 fully saturated rings. The number of aryl methyl sites for hydroxylation is 1. The van der Waals surface area contributed by atoms with Gasteiger partial charge >= 0.3 is 0 Å². The number of carbonyl (C=O) groups is 1. The molecule has 3 aromatic rings. The molecule has 3 N–H and O–H groups in total. The summed E-state index contributed by atoms with van der Waals surface area (Å²) in [4.78, 5) is 13.0. The number of nitrogens with one attached hydrogen (secondary N) is 1. The predicted molar refractivity (Wildman–Crippen MR) is 112 cm³/mol. The molecule has 0 bridgehead atoms. The van der Waals surface area contributed by atoms with E-state index in [1.54, 1.807) is 36.2 Å². The average Bonchev–Trinajstić information content (AvgIpc) is 3.08. The van der Waals surface area contributed by atoms with Gasteiger partial charge in [0.2, 0.25) is 0 Å². The number of nitrogens with zero attached hydrogens (tertiary/aromatic N) is 2. The number of ether oxygens (including phenoxy) is 1. The van der Waals surface area contributed by atoms with Gasteiger partial charge in [-0.3, -0.25) is 4.79 Å². The Hall–Kier alpha value is -3.28. The molecule has 6 nitrogen and oxygen atoms in total. The van der Waals surface area contributed by atoms with E-state index in [2.05, 4.69) is 5.32 Å². The topological polar surface area (TPSA) is 82.2 Å². The van der Waals surface area contributed by atoms with Crippen LogP contribution in [0.3, 0.4) is 0 Å². The maximum atomic E-state index is 13.0. The third-order valence-electron chi connectivity index (χ3n) is 4.46. The fourth-order valence-corrected chi connectivity index (χ4v) is 2.93. The molecule has 0 aliphatic carbocycles. The van der Waals surface area contributed by atoms with Crippen LogP contribution in [0.25, 0.3) is 5.69 Å². The van der Waals surface area contributed by atoms with E-state index in [1.165, 1.54) is 5.56 Å². The summed E-state index contributed by atoms with van der Waals surface area (Å²) >= 11 is 0. The Morgan fingerprint density at radius 1 is 1.14 bits per heavy atom. The van der Waals surface area contributed by atoms with Gasteiger partial charge in [-0.2, -0.15) is 5.10 Å². The van der Waals surface area contributed by atoms with Crippen molar-refractivity contribution in [2.45, 2.75) is 33.1 Å². The number of carbonyl (C=O) groups excluding carboxylic acids is 1. The highest BCUT2D eigenvalue weighted by Crippen LogP contribution is 2.28. The minimum Gasteiger partial charge on any atom is -0.495 e. The van der Waals surface area contributed by atoms with E-state index >= 15 is 0 Å². The van der Waals surface area contributed by atoms with Crippen molar-refractivity contribution in [2.24, 2.45) is 0 Å². The number of benzene rings is 2. The van der Waals surface area contributed by atoms with Crippen molar-refractivity contribution >= 4 is 17.3 Å². The highest BCUT2D eigenvalue weighted by molar-refractivity contribution is 6.05. The molecule has 0 aliphatic heterocycles. The molecule has 0 spiro atoms. The SMILES string of the molecule is COc1ccc(NC(=O)c2cn(-c3ccc(C)cc3)nc2C(C)(C)C)cc1N. The summed E-state index contributed by atoms with van der Waals surface area (Å²) in [7, 11) is 1.55. The van der Waals surface area contributed by atoms with E-state index in [9.17, 15) is 4.79 Å². The number of nitrogen functional groups attached to an aromatic ring is 1. The third-order valence-corrected chi connectivity index (χ3v) is 4.46. The highest BCUT2D eigenvalue weighted by atomic mass is 16.5. The van der Waals surface area contributed by atoms with Gasteiger partial charge in [-0.1, -0.05) is 38.5 Å². The largest absolute Gasteiger partial charge is 0.495 e. The van der Waals surface area contributed by atoms with Crippen LogP contribution in [0.4, 0.5) is 11.4 Å². The molecular weight excluding hydrogens is 352 g/mol. The van der Waals surface area contributed by atoms with Crippen LogP contribution in [-0.4, -0.2) is 22.8 Å². The van der Waals surface area contributed by atoms with Crippen molar-refractivity contribution < 1.29 is 9.53 Å². The van der Waals surface area contributed by atoms with Gasteiger partial charge in [-0.25, -0.2) is 4.68 Å². The van der Waals surface area contributed by atoms with Crippen molar-refractivity contribution in [1.29, 1.82) is 0 Å². The average molecular weight is 378 g/mol. The molecule has 0 atom stereocenters. The van der Waals surface area contributed by atoms with Crippen LogP contribution in [0.1, 0.15) is 42.4 Å². The zero-order chi connectivity index (χ0) is 20.5. The van der Waals surface area contributed by atoms with E-state index in [0.717, 1.165) is 11.4 Å². The molecule has 2 aromatic carbocycles. The normalized spacial score (nSPS) is 11.3. The fraction of sp³-hybridized carbons (Fsp3) is 0.273. The first-order valence-electron chi connectivity index (χ1n) is 9.11. The maximum Gasteiger partial charge on any atom is 0.259 e. The second-order valence-electron chi connectivity index (χ2n) is 7.83. The van der Waals surface area contributed by atoms with E-state index in [1.807, 2.05) is 52.0 Å². The Labute approximate surface area is 165 Å². The molecular formula is C22H26N4O2. The molecule has 0 radical (unpaired) electrons. The molecule has 0 saturated carbocycles. The van der Waals surface area contributed by atoms with E-state index in [0.29, 0.717) is 22.7 Å². The van der Waals surface area contributed by atoms with Crippen molar-refractivity contribution in [1.82, 2.24) is 9.78 Å². The van der Waals surface area contributed by atoms with Crippen LogP contribution in [-0.2, 0) is 5.41 Å². The maximum absolute atomic E-state index is 13.0. The van der Waals surface area contributed by atoms with Gasteiger partial charge in [0.15, 0.2) is 0 Å². The lowest BCUT2D eigenvalue weighted by molar-refractivity contribution is 0.102. The molecule has 3 rings (SSSR count). The summed E-state index contributed by atoms with van der Waals surface area (Å²) in [5.41, 5.74) is 10.1. The van der Waals surface area contributed by atoms with E-state index in [-0.39, 0.29) is 11.3 Å². The van der Waals surface area contributed by atoms with Crippen LogP contribution < -0.4 is 15.8 Å². The van der Waals surface area contributed by atoms with Crippen molar-refractivity contribution in [3.8, 4) is 11.4 Å². The molecule has 146 valence electrons. The molecule has 0 aliphatic rings. The summed E-state index contributed by atoms with van der Waals surface area (Å²) in [6.45, 7) is 8.15. The molecule has 1 amide bonds. The molecule has 0 unspecified atom stereocenters. The zero-order valence-electron chi connectivity index (χ0n) is 16.9. The summed E-state index contributed by atoms with van der Waals surface area (Å²) in [5.74, 6) is 0.341. The second-order valence-corrected chi connectivity index (χ2v) is 7.83. The molecule has 6 heteroatoms. The Morgan fingerprint density at radius 3 is 2.39 bits per heavy atom. The Balaban J connectivity index is 1.96. The van der Waals surface area contributed by atoms with Gasteiger partial charge in [0.1, 0.15) is 5.75 Å². The number of amides is 1. The second kappa shape index (κ2) is 7.38. The summed E-state index contributed by atoms with van der Waals surface area (Å²) in [6.07, 6.45) is 1.77. The quantitative estimate of drug-likeness (QED) is 0.662. The van der Waals surface area contributed by atoms with Crippen molar-refractivity contribution in [3.63, 3.8) is 0 Å². The monoisotopic (exact) mass is 378 g/mol. The number of hydrogen-bond acceptors (Lipinski definition) is 4. The van der Waals surface area contributed by atoms with E-state index in [4.69, 9.17) is 15.6 Å². The lowest BCUT2D eigenvalue weighted by Gasteiger charge is -2.17. The summed E-state index contributed by atoms with van der Waals surface area (Å²) in [6, 6.07) is 13.2. The van der Waals surface area contributed by atoms with Crippen LogP contribution in [0.2, 0.25) is 0 Å². The Morgan fingerprint density at radius 2 is 1.82 bits per heavy atom. The standard InChI is InChI=1S/C22H26N4O2/c1-14-6-9-16(10-7-14)26-13-17(20(25-26)22(2,3)4)21(27)24-15-8-11-19(28-5)18(23)12-15/h6-13H,23H2,1-5H3,(H,24,27). The van der Waals surface area contributed by atoms with E-state index < -0.39 is 0 Å². The third kappa shape index (κ3) is 4.01. The van der Waals surface area contributed by atoms with Gasteiger partial charge in [0.05, 0.1) is 29.7 Å². The van der Waals surface area contributed by atoms with Gasteiger partial charge < -0.3 is 15.8 Å². The van der Waals surface area contributed by atoms with Crippen LogP contribution in [0, 0.1) is 6.92 Å². The zero-order valence-corrected chi connectivity index (χ0v) is 16.9. The van der Waals surface area contributed by atoms with Gasteiger partial charge in [-0.15, -0.1) is 0 Å². The predicted octanol–water partition coefficient (Wildman–Crippen LogP) is 4.32. The number of hydrogen-bond donors (Lipinski definition) is 2. The highest BCUT2D eigenvalue weighted by Gasteiger charge is 2.26. The number of anilines is 2. The summed E-state index contributed by atoms with van der Waals surface area (Å²) < 4.78 is 6.91. The molecule has 28 heavy (non-hydrogen) atoms. The lowest BCUT2D eigenvalue weighted by Crippen LogP contribution is -2.20. The van der Waals surface area contributed by atoms with Crippen LogP contribution >= 0.6 is 0 Å². The van der Waals surface area contributed by atoms with Crippen molar-refractivity contribution in [3.05, 3.63) is 65.5 Å². The number of methoxy groups -OCH3 is 1. The fourth-order valence-electron chi connectivity index (χ4n) is 2.93. The minimum absolute atomic E-state index is 0.229. The van der Waals surface area contributed by atoms with Crippen LogP contribution in [0.5, 0.6) is 5.75 Å². The molecule has 1 aromatic heterocycles. The van der Waals surface area contributed by atoms with Crippen LogP contribution in [0.15, 0.2) is 48.7 Å². The van der Waals surface area contributed by atoms with Gasteiger partial charge in [0.25, 0.3) is 5.91 Å². The molecule has 1 heterocycles. The minimum atomic E-state index is -0.290. The first kappa shape index (κ1) is 19.5.